The molecule has 0 spiro atoms. The van der Waals surface area contributed by atoms with Crippen LogP contribution < -0.4 is 0 Å². The predicted molar refractivity (Wildman–Crippen MR) is 91.8 cm³/mol. The van der Waals surface area contributed by atoms with E-state index in [1.807, 2.05) is 0 Å². The zero-order chi connectivity index (χ0) is 16.2. The molecule has 0 aliphatic heterocycles. The van der Waals surface area contributed by atoms with Crippen LogP contribution in [0.25, 0.3) is 0 Å². The van der Waals surface area contributed by atoms with Gasteiger partial charge in [0.15, 0.2) is 0 Å². The first-order chi connectivity index (χ1) is 10.9. The Morgan fingerprint density at radius 3 is 2.70 bits per heavy atom. The fraction of sp³-hybridized carbons (Fsp3) is 0.857. The summed E-state index contributed by atoms with van der Waals surface area (Å²) in [5.74, 6) is 3.39. The Balaban J connectivity index is 1.53. The second kappa shape index (κ2) is 5.36. The number of carbonyl (C=O) groups excluding carboxylic acids is 1. The number of hydrogen-bond acceptors (Lipinski definition) is 2. The Labute approximate surface area is 141 Å². The molecule has 4 aliphatic carbocycles. The minimum atomic E-state index is -0.0993. The minimum absolute atomic E-state index is 0.0993. The van der Waals surface area contributed by atoms with Crippen molar-refractivity contribution >= 4 is 5.97 Å². The summed E-state index contributed by atoms with van der Waals surface area (Å²) in [7, 11) is 0. The van der Waals surface area contributed by atoms with Crippen molar-refractivity contribution in [1.29, 1.82) is 0 Å². The monoisotopic (exact) mass is 316 g/mol. The lowest BCUT2D eigenvalue weighted by Crippen LogP contribution is -2.53. The van der Waals surface area contributed by atoms with Gasteiger partial charge in [0.05, 0.1) is 0 Å². The van der Waals surface area contributed by atoms with E-state index in [9.17, 15) is 4.79 Å². The standard InChI is InChI=1S/C21H32O2/c1-14(22)23-16-8-12-21(3)15(13-16)6-7-17-18-5-4-10-20(18,2)11-9-19(17)21/h4,10,15-19H,5-9,11-13H2,1-3H3/t15-,16+,17-,18-,19+,20-,21-/m0/s1. The Kier molecular flexibility index (Phi) is 3.66. The van der Waals surface area contributed by atoms with Gasteiger partial charge < -0.3 is 4.74 Å². The molecule has 0 amide bonds. The average molecular weight is 316 g/mol. The minimum Gasteiger partial charge on any atom is -0.463 e. The van der Waals surface area contributed by atoms with Crippen LogP contribution in [0.4, 0.5) is 0 Å². The van der Waals surface area contributed by atoms with Gasteiger partial charge in [-0.2, -0.15) is 0 Å². The van der Waals surface area contributed by atoms with Crippen LogP contribution >= 0.6 is 0 Å². The molecule has 0 radical (unpaired) electrons. The van der Waals surface area contributed by atoms with Crippen molar-refractivity contribution in [2.75, 3.05) is 0 Å². The highest BCUT2D eigenvalue weighted by Gasteiger charge is 2.57. The van der Waals surface area contributed by atoms with E-state index in [2.05, 4.69) is 26.0 Å². The molecule has 23 heavy (non-hydrogen) atoms. The first-order valence-electron chi connectivity index (χ1n) is 9.77. The molecule has 7 atom stereocenters. The second-order valence-corrected chi connectivity index (χ2v) is 9.35. The van der Waals surface area contributed by atoms with Gasteiger partial charge in [0.2, 0.25) is 0 Å². The molecule has 2 heteroatoms. The van der Waals surface area contributed by atoms with Crippen LogP contribution in [0.1, 0.15) is 72.1 Å². The summed E-state index contributed by atoms with van der Waals surface area (Å²) < 4.78 is 5.56. The van der Waals surface area contributed by atoms with Crippen molar-refractivity contribution in [2.24, 2.45) is 34.5 Å². The number of ether oxygens (including phenoxy) is 1. The van der Waals surface area contributed by atoms with Crippen LogP contribution in [0.15, 0.2) is 12.2 Å². The third-order valence-electron chi connectivity index (χ3n) is 8.28. The first kappa shape index (κ1) is 15.7. The molecule has 4 rings (SSSR count). The highest BCUT2D eigenvalue weighted by Crippen LogP contribution is 2.65. The van der Waals surface area contributed by atoms with Crippen molar-refractivity contribution in [3.63, 3.8) is 0 Å². The number of esters is 1. The number of allylic oxidation sites excluding steroid dienone is 2. The Hall–Kier alpha value is -0.790. The fourth-order valence-electron chi connectivity index (χ4n) is 7.04. The summed E-state index contributed by atoms with van der Waals surface area (Å²) in [6, 6.07) is 0. The fourth-order valence-corrected chi connectivity index (χ4v) is 7.04. The molecule has 2 nitrogen and oxygen atoms in total. The average Bonchev–Trinajstić information content (AvgIpc) is 2.89. The van der Waals surface area contributed by atoms with E-state index in [-0.39, 0.29) is 12.1 Å². The molecule has 4 aliphatic rings. The van der Waals surface area contributed by atoms with Crippen molar-refractivity contribution in [3.8, 4) is 0 Å². The zero-order valence-corrected chi connectivity index (χ0v) is 15.0. The molecule has 3 saturated carbocycles. The molecule has 3 fully saturated rings. The summed E-state index contributed by atoms with van der Waals surface area (Å²) in [5, 5.41) is 0. The Morgan fingerprint density at radius 2 is 1.91 bits per heavy atom. The maximum absolute atomic E-state index is 11.3. The molecule has 0 aromatic rings. The molecular formula is C21H32O2. The normalized spacial score (nSPS) is 51.5. The smallest absolute Gasteiger partial charge is 0.302 e. The number of carbonyl (C=O) groups is 1. The van der Waals surface area contributed by atoms with Gasteiger partial charge in [0.1, 0.15) is 6.10 Å². The predicted octanol–water partition coefficient (Wildman–Crippen LogP) is 5.13. The third kappa shape index (κ3) is 2.39. The van der Waals surface area contributed by atoms with E-state index >= 15 is 0 Å². The van der Waals surface area contributed by atoms with Crippen LogP contribution in [0.5, 0.6) is 0 Å². The van der Waals surface area contributed by atoms with Crippen LogP contribution in [0, 0.1) is 34.5 Å². The lowest BCUT2D eigenvalue weighted by atomic mass is 9.45. The molecule has 128 valence electrons. The van der Waals surface area contributed by atoms with Gasteiger partial charge in [-0.25, -0.2) is 0 Å². The highest BCUT2D eigenvalue weighted by atomic mass is 16.5. The summed E-state index contributed by atoms with van der Waals surface area (Å²) in [6.07, 6.45) is 15.5. The van der Waals surface area contributed by atoms with Crippen molar-refractivity contribution in [1.82, 2.24) is 0 Å². The molecule has 0 unspecified atom stereocenters. The second-order valence-electron chi connectivity index (χ2n) is 9.35. The maximum atomic E-state index is 11.3. The lowest BCUT2D eigenvalue weighted by molar-refractivity contribution is -0.158. The van der Waals surface area contributed by atoms with Crippen molar-refractivity contribution in [3.05, 3.63) is 12.2 Å². The summed E-state index contributed by atoms with van der Waals surface area (Å²) in [4.78, 5) is 11.3. The van der Waals surface area contributed by atoms with E-state index in [4.69, 9.17) is 4.74 Å². The molecular weight excluding hydrogens is 284 g/mol. The highest BCUT2D eigenvalue weighted by molar-refractivity contribution is 5.66. The lowest BCUT2D eigenvalue weighted by Gasteiger charge is -2.60. The molecule has 0 aromatic carbocycles. The van der Waals surface area contributed by atoms with Crippen LogP contribution in [-0.2, 0) is 9.53 Å². The van der Waals surface area contributed by atoms with E-state index in [1.165, 1.54) is 38.5 Å². The molecule has 0 saturated heterocycles. The molecule has 0 aromatic heterocycles. The van der Waals surface area contributed by atoms with Gasteiger partial charge in [0.25, 0.3) is 0 Å². The molecule has 0 bridgehead atoms. The van der Waals surface area contributed by atoms with Crippen LogP contribution in [0.2, 0.25) is 0 Å². The van der Waals surface area contributed by atoms with Gasteiger partial charge >= 0.3 is 5.97 Å². The SMILES string of the molecule is CC(=O)O[C@@H]1CC[C@@]2(C)[C@@H](CC[C@@H]3[C@H]2CC[C@]2(C)C=CC[C@@H]32)C1. The van der Waals surface area contributed by atoms with Gasteiger partial charge in [-0.3, -0.25) is 4.79 Å². The quantitative estimate of drug-likeness (QED) is 0.495. The summed E-state index contributed by atoms with van der Waals surface area (Å²) >= 11 is 0. The van der Waals surface area contributed by atoms with Crippen LogP contribution in [0.3, 0.4) is 0 Å². The third-order valence-corrected chi connectivity index (χ3v) is 8.28. The largest absolute Gasteiger partial charge is 0.463 e. The zero-order valence-electron chi connectivity index (χ0n) is 15.0. The topological polar surface area (TPSA) is 26.3 Å². The summed E-state index contributed by atoms with van der Waals surface area (Å²) in [6.45, 7) is 6.63. The Morgan fingerprint density at radius 1 is 1.09 bits per heavy atom. The molecule has 0 heterocycles. The number of hydrogen-bond donors (Lipinski definition) is 0. The van der Waals surface area contributed by atoms with Crippen molar-refractivity contribution < 1.29 is 9.53 Å². The Bertz CT molecular complexity index is 524. The van der Waals surface area contributed by atoms with Gasteiger partial charge in [-0.05, 0) is 85.9 Å². The van der Waals surface area contributed by atoms with Gasteiger partial charge in [-0.1, -0.05) is 26.0 Å². The summed E-state index contributed by atoms with van der Waals surface area (Å²) in [5.41, 5.74) is 0.975. The number of rotatable bonds is 1. The van der Waals surface area contributed by atoms with E-state index in [1.54, 1.807) is 6.92 Å². The maximum Gasteiger partial charge on any atom is 0.302 e. The number of fused-ring (bicyclic) bond motifs is 5. The van der Waals surface area contributed by atoms with Gasteiger partial charge in [0, 0.05) is 6.92 Å². The van der Waals surface area contributed by atoms with Crippen molar-refractivity contribution in [2.45, 2.75) is 78.2 Å². The van der Waals surface area contributed by atoms with E-state index in [0.29, 0.717) is 10.8 Å². The van der Waals surface area contributed by atoms with E-state index in [0.717, 1.165) is 36.5 Å². The van der Waals surface area contributed by atoms with Gasteiger partial charge in [-0.15, -0.1) is 0 Å². The first-order valence-corrected chi connectivity index (χ1v) is 9.77. The van der Waals surface area contributed by atoms with Crippen LogP contribution in [-0.4, -0.2) is 12.1 Å². The molecule has 0 N–H and O–H groups in total. The van der Waals surface area contributed by atoms with E-state index < -0.39 is 0 Å².